The Labute approximate surface area is 194 Å². The molecular formula is C19H18F3N7O4S. The van der Waals surface area contributed by atoms with Crippen molar-refractivity contribution in [3.05, 3.63) is 47.7 Å². The van der Waals surface area contributed by atoms with Crippen molar-refractivity contribution in [3.63, 3.8) is 0 Å². The lowest BCUT2D eigenvalue weighted by Crippen LogP contribution is -2.27. The van der Waals surface area contributed by atoms with Gasteiger partial charge in [-0.2, -0.15) is 17.5 Å². The van der Waals surface area contributed by atoms with Gasteiger partial charge >= 0.3 is 12.3 Å². The lowest BCUT2D eigenvalue weighted by molar-refractivity contribution is -0.141. The number of nitrogens with one attached hydrogen (secondary N) is 3. The number of carbonyl (C=O) groups excluding carboxylic acids is 2. The fourth-order valence-corrected chi connectivity index (χ4v) is 3.29. The van der Waals surface area contributed by atoms with Crippen molar-refractivity contribution < 1.29 is 32.2 Å². The normalized spacial score (nSPS) is 11.0. The van der Waals surface area contributed by atoms with E-state index in [9.17, 15) is 22.8 Å². The highest BCUT2D eigenvalue weighted by molar-refractivity contribution is 7.10. The molecule has 0 saturated carbocycles. The van der Waals surface area contributed by atoms with Crippen molar-refractivity contribution in [2.24, 2.45) is 0 Å². The first-order chi connectivity index (χ1) is 16.2. The summed E-state index contributed by atoms with van der Waals surface area (Å²) < 4.78 is 51.9. The molecule has 0 saturated heterocycles. The average Bonchev–Trinajstić information content (AvgIpc) is 3.17. The van der Waals surface area contributed by atoms with Crippen LogP contribution in [0.15, 0.2) is 30.7 Å². The molecule has 0 aliphatic rings. The van der Waals surface area contributed by atoms with Crippen molar-refractivity contribution in [2.45, 2.75) is 13.1 Å². The number of amides is 2. The van der Waals surface area contributed by atoms with E-state index in [0.29, 0.717) is 17.6 Å². The number of pyridine rings is 1. The molecule has 0 atom stereocenters. The first-order valence-corrected chi connectivity index (χ1v) is 10.3. The molecule has 0 fully saturated rings. The zero-order valence-corrected chi connectivity index (χ0v) is 18.6. The lowest BCUT2D eigenvalue weighted by Gasteiger charge is -2.10. The van der Waals surface area contributed by atoms with Gasteiger partial charge < -0.3 is 25.4 Å². The Morgan fingerprint density at radius 1 is 1.12 bits per heavy atom. The summed E-state index contributed by atoms with van der Waals surface area (Å²) in [5, 5.41) is 8.18. The van der Waals surface area contributed by atoms with Gasteiger partial charge in [-0.05, 0) is 24.5 Å². The zero-order valence-electron chi connectivity index (χ0n) is 17.8. The van der Waals surface area contributed by atoms with Crippen LogP contribution in [0.25, 0.3) is 0 Å². The molecule has 0 unspecified atom stereocenters. The predicted octanol–water partition coefficient (Wildman–Crippen LogP) is 3.39. The van der Waals surface area contributed by atoms with E-state index in [1.165, 1.54) is 19.4 Å². The molecule has 0 aromatic carbocycles. The summed E-state index contributed by atoms with van der Waals surface area (Å²) in [6, 6.07) is 3.10. The SMILES string of the molecule is COC(=O)NCCOc1ccc(NC(=O)c2c(C)nsc2Nc2cnc(C(F)(F)F)cn2)cn1. The highest BCUT2D eigenvalue weighted by Crippen LogP contribution is 2.30. The van der Waals surface area contributed by atoms with Gasteiger partial charge in [0.2, 0.25) is 5.88 Å². The Morgan fingerprint density at radius 2 is 1.91 bits per heavy atom. The van der Waals surface area contributed by atoms with Crippen LogP contribution in [0.4, 0.5) is 34.5 Å². The van der Waals surface area contributed by atoms with E-state index in [2.05, 4.69) is 40.0 Å². The maximum absolute atomic E-state index is 12.8. The van der Waals surface area contributed by atoms with Crippen molar-refractivity contribution in [1.29, 1.82) is 0 Å². The van der Waals surface area contributed by atoms with Crippen molar-refractivity contribution in [1.82, 2.24) is 24.6 Å². The topological polar surface area (TPSA) is 140 Å². The van der Waals surface area contributed by atoms with Crippen LogP contribution in [0, 0.1) is 6.92 Å². The van der Waals surface area contributed by atoms with E-state index in [0.717, 1.165) is 17.7 Å². The Bertz CT molecular complexity index is 1140. The van der Waals surface area contributed by atoms with Crippen molar-refractivity contribution >= 4 is 40.0 Å². The molecule has 3 heterocycles. The number of aromatic nitrogens is 4. The van der Waals surface area contributed by atoms with Crippen LogP contribution < -0.4 is 20.7 Å². The number of alkyl halides is 3. The fourth-order valence-electron chi connectivity index (χ4n) is 2.49. The van der Waals surface area contributed by atoms with E-state index in [4.69, 9.17) is 4.74 Å². The number of aryl methyl sites for hydroxylation is 1. The second kappa shape index (κ2) is 10.7. The molecular weight excluding hydrogens is 479 g/mol. The van der Waals surface area contributed by atoms with Crippen LogP contribution in [0.5, 0.6) is 5.88 Å². The van der Waals surface area contributed by atoms with Crippen LogP contribution in [0.3, 0.4) is 0 Å². The molecule has 0 aliphatic heterocycles. The van der Waals surface area contributed by atoms with Gasteiger partial charge in [0, 0.05) is 6.07 Å². The van der Waals surface area contributed by atoms with Crippen LogP contribution in [-0.4, -0.2) is 51.6 Å². The molecule has 11 nitrogen and oxygen atoms in total. The Hall–Kier alpha value is -4.01. The van der Waals surface area contributed by atoms with Crippen molar-refractivity contribution in [2.75, 3.05) is 30.9 Å². The van der Waals surface area contributed by atoms with Crippen molar-refractivity contribution in [3.8, 4) is 5.88 Å². The van der Waals surface area contributed by atoms with E-state index >= 15 is 0 Å². The first-order valence-electron chi connectivity index (χ1n) is 9.52. The quantitative estimate of drug-likeness (QED) is 0.400. The van der Waals surface area contributed by atoms with E-state index in [1.807, 2.05) is 0 Å². The second-order valence-corrected chi connectivity index (χ2v) is 7.26. The smallest absolute Gasteiger partial charge is 0.434 e. The van der Waals surface area contributed by atoms with Gasteiger partial charge in [0.25, 0.3) is 5.91 Å². The van der Waals surface area contributed by atoms with Gasteiger partial charge in [-0.1, -0.05) is 0 Å². The van der Waals surface area contributed by atoms with Gasteiger partial charge in [-0.15, -0.1) is 0 Å². The molecule has 180 valence electrons. The Kier molecular flexibility index (Phi) is 7.78. The molecule has 3 rings (SSSR count). The number of carbonyl (C=O) groups is 2. The van der Waals surface area contributed by atoms with Gasteiger partial charge in [-0.25, -0.2) is 19.7 Å². The van der Waals surface area contributed by atoms with Crippen LogP contribution in [0.2, 0.25) is 0 Å². The zero-order chi connectivity index (χ0) is 24.7. The van der Waals surface area contributed by atoms with Gasteiger partial charge in [0.15, 0.2) is 5.69 Å². The maximum atomic E-state index is 12.8. The third-order valence-corrected chi connectivity index (χ3v) is 4.93. The molecule has 3 N–H and O–H groups in total. The third kappa shape index (κ3) is 6.50. The number of nitrogens with zero attached hydrogens (tertiary/aromatic N) is 4. The number of methoxy groups -OCH3 is 1. The van der Waals surface area contributed by atoms with E-state index < -0.39 is 23.9 Å². The molecule has 0 aliphatic carbocycles. The van der Waals surface area contributed by atoms with Crippen LogP contribution in [-0.2, 0) is 10.9 Å². The minimum atomic E-state index is -4.60. The highest BCUT2D eigenvalue weighted by Gasteiger charge is 2.32. The number of ether oxygens (including phenoxy) is 2. The van der Waals surface area contributed by atoms with Gasteiger partial charge in [0.1, 0.15) is 17.4 Å². The van der Waals surface area contributed by atoms with Gasteiger partial charge in [-0.3, -0.25) is 4.79 Å². The predicted molar refractivity (Wildman–Crippen MR) is 115 cm³/mol. The average molecular weight is 497 g/mol. The first kappa shape index (κ1) is 24.6. The summed E-state index contributed by atoms with van der Waals surface area (Å²) in [4.78, 5) is 34.9. The standard InChI is InChI=1S/C19H18F3N7O4S/c1-10-15(17(34-29-10)28-13-9-24-12(8-25-13)19(20,21)22)16(30)27-11-3-4-14(26-7-11)33-6-5-23-18(31)32-2/h3-4,7-9H,5-6H2,1-2H3,(H,23,31)(H,25,28)(H,27,30). The van der Waals surface area contributed by atoms with E-state index in [1.54, 1.807) is 13.0 Å². The number of halogens is 3. The molecule has 34 heavy (non-hydrogen) atoms. The molecule has 0 spiro atoms. The molecule has 0 bridgehead atoms. The monoisotopic (exact) mass is 497 g/mol. The summed E-state index contributed by atoms with van der Waals surface area (Å²) >= 11 is 0.950. The summed E-state index contributed by atoms with van der Waals surface area (Å²) in [6.45, 7) is 2.00. The summed E-state index contributed by atoms with van der Waals surface area (Å²) in [5.41, 5.74) is -0.149. The molecule has 15 heteroatoms. The molecule has 0 radical (unpaired) electrons. The summed E-state index contributed by atoms with van der Waals surface area (Å²) in [6.07, 6.45) is -2.29. The number of hydrogen-bond acceptors (Lipinski definition) is 10. The minimum absolute atomic E-state index is 0.0237. The molecule has 3 aromatic rings. The minimum Gasteiger partial charge on any atom is -0.476 e. The number of alkyl carbamates (subject to hydrolysis) is 1. The summed E-state index contributed by atoms with van der Waals surface area (Å²) in [7, 11) is 1.25. The van der Waals surface area contributed by atoms with E-state index in [-0.39, 0.29) is 35.4 Å². The highest BCUT2D eigenvalue weighted by atomic mass is 32.1. The maximum Gasteiger partial charge on any atom is 0.434 e. The fraction of sp³-hybridized carbons (Fsp3) is 0.263. The lowest BCUT2D eigenvalue weighted by atomic mass is 10.2. The Morgan fingerprint density at radius 3 is 2.53 bits per heavy atom. The number of hydrogen-bond donors (Lipinski definition) is 3. The largest absolute Gasteiger partial charge is 0.476 e. The Balaban J connectivity index is 1.61. The summed E-state index contributed by atoms with van der Waals surface area (Å²) in [5.74, 6) is -0.205. The third-order valence-electron chi connectivity index (χ3n) is 4.07. The molecule has 3 aromatic heterocycles. The van der Waals surface area contributed by atoms with Crippen LogP contribution in [0.1, 0.15) is 21.7 Å². The van der Waals surface area contributed by atoms with Gasteiger partial charge in [0.05, 0.1) is 49.2 Å². The number of anilines is 3. The van der Waals surface area contributed by atoms with Crippen LogP contribution >= 0.6 is 11.5 Å². The molecule has 2 amide bonds. The number of rotatable bonds is 8. The second-order valence-electron chi connectivity index (χ2n) is 6.49.